The van der Waals surface area contributed by atoms with Gasteiger partial charge in [0.1, 0.15) is 5.82 Å². The van der Waals surface area contributed by atoms with Crippen molar-refractivity contribution in [2.75, 3.05) is 19.8 Å². The molecule has 0 saturated carbocycles. The highest BCUT2D eigenvalue weighted by atomic mass is 19.4. The predicted octanol–water partition coefficient (Wildman–Crippen LogP) is 5.27. The van der Waals surface area contributed by atoms with Gasteiger partial charge >= 0.3 is 12.4 Å². The minimum Gasteiger partial charge on any atom is -0.347 e. The summed E-state index contributed by atoms with van der Waals surface area (Å²) < 4.78 is 102. The van der Waals surface area contributed by atoms with Crippen LogP contribution in [0.5, 0.6) is 0 Å². The Labute approximate surface area is 167 Å². The number of rotatable bonds is 5. The first-order valence-corrected chi connectivity index (χ1v) is 8.86. The van der Waals surface area contributed by atoms with E-state index in [0.29, 0.717) is 30.0 Å². The van der Waals surface area contributed by atoms with Crippen molar-refractivity contribution < 1.29 is 40.2 Å². The number of benzene rings is 2. The second-order valence-corrected chi connectivity index (χ2v) is 6.51. The first-order valence-electron chi connectivity index (χ1n) is 8.86. The molecule has 0 aliphatic carbocycles. The van der Waals surface area contributed by atoms with Crippen molar-refractivity contribution in [2.45, 2.75) is 25.1 Å². The standard InChI is InChI=1S/C20H16F7NO2/c21-16-3-1-13(2-4-16)17-18(30-8-6-28-17)29-7-5-12-9-14(19(22,23)24)11-15(10-12)20(25,26)27/h1-4,9-11,18H,5-8H2/t18-/m1/s1. The molecule has 162 valence electrons. The molecule has 1 aliphatic heterocycles. The minimum atomic E-state index is -4.91. The van der Waals surface area contributed by atoms with Crippen LogP contribution in [0, 0.1) is 5.82 Å². The number of nitrogens with zero attached hydrogens (tertiary/aromatic N) is 1. The predicted molar refractivity (Wildman–Crippen MR) is 93.6 cm³/mol. The second-order valence-electron chi connectivity index (χ2n) is 6.51. The fourth-order valence-electron chi connectivity index (χ4n) is 2.90. The lowest BCUT2D eigenvalue weighted by Gasteiger charge is -2.24. The van der Waals surface area contributed by atoms with Gasteiger partial charge in [0.15, 0.2) is 0 Å². The third-order valence-electron chi connectivity index (χ3n) is 4.31. The fraction of sp³-hybridized carbons (Fsp3) is 0.350. The molecular weight excluding hydrogens is 419 g/mol. The Morgan fingerprint density at radius 3 is 2.10 bits per heavy atom. The Hall–Kier alpha value is -2.46. The van der Waals surface area contributed by atoms with Crippen molar-refractivity contribution in [3.63, 3.8) is 0 Å². The van der Waals surface area contributed by atoms with E-state index in [1.807, 2.05) is 0 Å². The summed E-state index contributed by atoms with van der Waals surface area (Å²) in [7, 11) is 0. The maximum Gasteiger partial charge on any atom is 0.416 e. The molecule has 2 aromatic carbocycles. The number of hydrogen-bond acceptors (Lipinski definition) is 3. The molecule has 0 aromatic heterocycles. The summed E-state index contributed by atoms with van der Waals surface area (Å²) in [5, 5.41) is 0. The molecule has 0 N–H and O–H groups in total. The molecule has 0 radical (unpaired) electrons. The third kappa shape index (κ3) is 5.57. The van der Waals surface area contributed by atoms with E-state index in [-0.39, 0.29) is 31.3 Å². The molecule has 0 unspecified atom stereocenters. The molecule has 1 atom stereocenters. The first kappa shape index (κ1) is 22.2. The molecule has 10 heteroatoms. The van der Waals surface area contributed by atoms with Gasteiger partial charge < -0.3 is 9.47 Å². The molecule has 30 heavy (non-hydrogen) atoms. The Bertz CT molecular complexity index is 873. The van der Waals surface area contributed by atoms with Gasteiger partial charge in [0.2, 0.25) is 6.29 Å². The number of aliphatic imine (C=N–C) groups is 1. The van der Waals surface area contributed by atoms with Crippen LogP contribution in [-0.2, 0) is 28.2 Å². The maximum absolute atomic E-state index is 13.1. The van der Waals surface area contributed by atoms with Crippen LogP contribution in [0.3, 0.4) is 0 Å². The highest BCUT2D eigenvalue weighted by molar-refractivity contribution is 6.03. The normalized spacial score (nSPS) is 17.7. The third-order valence-corrected chi connectivity index (χ3v) is 4.31. The zero-order valence-electron chi connectivity index (χ0n) is 15.4. The van der Waals surface area contributed by atoms with E-state index in [0.717, 1.165) is 0 Å². The molecule has 0 fully saturated rings. The van der Waals surface area contributed by atoms with Gasteiger partial charge in [0.05, 0.1) is 36.6 Å². The lowest BCUT2D eigenvalue weighted by atomic mass is 10.0. The summed E-state index contributed by atoms with van der Waals surface area (Å²) in [6.07, 6.45) is -11.0. The monoisotopic (exact) mass is 435 g/mol. The van der Waals surface area contributed by atoms with Crippen LogP contribution in [0.25, 0.3) is 0 Å². The van der Waals surface area contributed by atoms with E-state index >= 15 is 0 Å². The summed E-state index contributed by atoms with van der Waals surface area (Å²) >= 11 is 0. The summed E-state index contributed by atoms with van der Waals surface area (Å²) in [5.74, 6) is -0.446. The van der Waals surface area contributed by atoms with Crippen LogP contribution in [0.2, 0.25) is 0 Å². The molecule has 1 aliphatic rings. The molecule has 1 heterocycles. The van der Waals surface area contributed by atoms with Crippen LogP contribution >= 0.6 is 0 Å². The summed E-state index contributed by atoms with van der Waals surface area (Å²) in [6, 6.07) is 6.80. The number of alkyl halides is 6. The van der Waals surface area contributed by atoms with Crippen LogP contribution in [-0.4, -0.2) is 31.8 Å². The van der Waals surface area contributed by atoms with Crippen LogP contribution in [0.4, 0.5) is 30.7 Å². The van der Waals surface area contributed by atoms with Crippen LogP contribution in [0.1, 0.15) is 22.3 Å². The van der Waals surface area contributed by atoms with Gasteiger partial charge in [-0.25, -0.2) is 4.39 Å². The van der Waals surface area contributed by atoms with Gasteiger partial charge in [-0.2, -0.15) is 26.3 Å². The molecule has 0 bridgehead atoms. The van der Waals surface area contributed by atoms with Gasteiger partial charge in [0.25, 0.3) is 0 Å². The van der Waals surface area contributed by atoms with Crippen molar-refractivity contribution in [2.24, 2.45) is 4.99 Å². The van der Waals surface area contributed by atoms with Crippen molar-refractivity contribution in [1.29, 1.82) is 0 Å². The van der Waals surface area contributed by atoms with Crippen LogP contribution in [0.15, 0.2) is 47.5 Å². The smallest absolute Gasteiger partial charge is 0.347 e. The van der Waals surface area contributed by atoms with E-state index in [4.69, 9.17) is 9.47 Å². The van der Waals surface area contributed by atoms with Crippen molar-refractivity contribution in [3.05, 3.63) is 70.5 Å². The van der Waals surface area contributed by atoms with Crippen molar-refractivity contribution in [3.8, 4) is 0 Å². The number of hydrogen-bond donors (Lipinski definition) is 0. The Morgan fingerprint density at radius 1 is 0.933 bits per heavy atom. The SMILES string of the molecule is Fc1ccc(C2=NCCO[C@H]2OCCc2cc(C(F)(F)F)cc(C(F)(F)F)c2)cc1. The molecular formula is C20H16F7NO2. The second kappa shape index (κ2) is 8.73. The first-order chi connectivity index (χ1) is 14.0. The topological polar surface area (TPSA) is 30.8 Å². The molecule has 0 spiro atoms. The van der Waals surface area contributed by atoms with Crippen molar-refractivity contribution in [1.82, 2.24) is 0 Å². The van der Waals surface area contributed by atoms with Gasteiger partial charge in [-0.15, -0.1) is 0 Å². The molecule has 2 aromatic rings. The lowest BCUT2D eigenvalue weighted by molar-refractivity contribution is -0.143. The average molecular weight is 435 g/mol. The summed E-state index contributed by atoms with van der Waals surface area (Å²) in [5.41, 5.74) is -2.02. The van der Waals surface area contributed by atoms with E-state index < -0.39 is 35.6 Å². The van der Waals surface area contributed by atoms with Gasteiger partial charge in [-0.1, -0.05) is 12.1 Å². The zero-order chi connectivity index (χ0) is 21.9. The summed E-state index contributed by atoms with van der Waals surface area (Å²) in [4.78, 5) is 4.28. The lowest BCUT2D eigenvalue weighted by Crippen LogP contribution is -2.34. The van der Waals surface area contributed by atoms with Gasteiger partial charge in [-0.05, 0) is 42.3 Å². The number of halogens is 7. The highest BCUT2D eigenvalue weighted by Crippen LogP contribution is 2.36. The largest absolute Gasteiger partial charge is 0.416 e. The van der Waals surface area contributed by atoms with E-state index in [2.05, 4.69) is 4.99 Å². The van der Waals surface area contributed by atoms with Crippen LogP contribution < -0.4 is 0 Å². The van der Waals surface area contributed by atoms with E-state index in [9.17, 15) is 30.7 Å². The average Bonchev–Trinajstić information content (AvgIpc) is 2.67. The Balaban J connectivity index is 1.73. The minimum absolute atomic E-state index is 0.0773. The molecule has 0 saturated heterocycles. The van der Waals surface area contributed by atoms with E-state index in [1.54, 1.807) is 0 Å². The van der Waals surface area contributed by atoms with Crippen molar-refractivity contribution >= 4 is 5.71 Å². The molecule has 0 amide bonds. The Morgan fingerprint density at radius 2 is 1.53 bits per heavy atom. The summed E-state index contributed by atoms with van der Waals surface area (Å²) in [6.45, 7) is 0.371. The van der Waals surface area contributed by atoms with Gasteiger partial charge in [0, 0.05) is 5.56 Å². The zero-order valence-corrected chi connectivity index (χ0v) is 15.4. The maximum atomic E-state index is 13.1. The molecule has 3 nitrogen and oxygen atoms in total. The van der Waals surface area contributed by atoms with Gasteiger partial charge in [-0.3, -0.25) is 4.99 Å². The Kier molecular flexibility index (Phi) is 6.47. The number of ether oxygens (including phenoxy) is 2. The fourth-order valence-corrected chi connectivity index (χ4v) is 2.90. The van der Waals surface area contributed by atoms with E-state index in [1.165, 1.54) is 24.3 Å². The molecule has 3 rings (SSSR count). The highest BCUT2D eigenvalue weighted by Gasteiger charge is 2.36. The quantitative estimate of drug-likeness (QED) is 0.600.